The third kappa shape index (κ3) is 4.24. The fourth-order valence-electron chi connectivity index (χ4n) is 2.45. The van der Waals surface area contributed by atoms with Gasteiger partial charge in [-0.2, -0.15) is 0 Å². The number of alkyl halides is 1. The Bertz CT molecular complexity index is 647. The highest BCUT2D eigenvalue weighted by Crippen LogP contribution is 2.30. The van der Waals surface area contributed by atoms with Crippen molar-refractivity contribution in [1.82, 2.24) is 9.55 Å². The lowest BCUT2D eigenvalue weighted by Crippen LogP contribution is -2.40. The Labute approximate surface area is 142 Å². The molecule has 0 saturated carbocycles. The van der Waals surface area contributed by atoms with E-state index >= 15 is 0 Å². The summed E-state index contributed by atoms with van der Waals surface area (Å²) in [5, 5.41) is 19.5. The van der Waals surface area contributed by atoms with Crippen LogP contribution in [0.5, 0.6) is 0 Å². The summed E-state index contributed by atoms with van der Waals surface area (Å²) < 4.78 is 17.4. The summed E-state index contributed by atoms with van der Waals surface area (Å²) in [4.78, 5) is 25.7. The van der Waals surface area contributed by atoms with E-state index in [0.29, 0.717) is 18.1 Å². The highest BCUT2D eigenvalue weighted by Gasteiger charge is 2.45. The van der Waals surface area contributed by atoms with E-state index in [1.54, 1.807) is 6.92 Å². The molecule has 1 fully saturated rings. The average Bonchev–Trinajstić information content (AvgIpc) is 2.87. The third-order valence-electron chi connectivity index (χ3n) is 3.67. The van der Waals surface area contributed by atoms with E-state index in [-0.39, 0.29) is 13.2 Å². The second-order valence-electron chi connectivity index (χ2n) is 5.35. The maximum Gasteiger partial charge on any atom is 0.330 e. The predicted molar refractivity (Wildman–Crippen MR) is 84.3 cm³/mol. The van der Waals surface area contributed by atoms with E-state index < -0.39 is 42.4 Å². The number of H-pyrrole nitrogens is 1. The van der Waals surface area contributed by atoms with Crippen LogP contribution in [0.1, 0.15) is 11.8 Å². The van der Waals surface area contributed by atoms with Crippen LogP contribution in [0.25, 0.3) is 0 Å². The standard InChI is InChI=1S/C14H21ClN2O7/c1-8-6-17(14(21)16-12(8)20)13-11(10(19)9(7-18)24-13)23-5-4-22-3-2-15/h6,9-11,13,18-19H,2-5,7H2,1H3,(H,16,20,21)/t9-,10?,11?,13-/m0/s1. The molecule has 2 heterocycles. The number of aromatic amines is 1. The minimum Gasteiger partial charge on any atom is -0.394 e. The van der Waals surface area contributed by atoms with Gasteiger partial charge in [-0.1, -0.05) is 0 Å². The first-order chi connectivity index (χ1) is 11.5. The Hall–Kier alpha value is -1.23. The zero-order chi connectivity index (χ0) is 17.7. The number of ether oxygens (including phenoxy) is 3. The summed E-state index contributed by atoms with van der Waals surface area (Å²) in [5.74, 6) is 0.358. The molecule has 0 spiro atoms. The van der Waals surface area contributed by atoms with Crippen LogP contribution in [0, 0.1) is 6.92 Å². The van der Waals surface area contributed by atoms with Crippen LogP contribution < -0.4 is 11.2 Å². The lowest BCUT2D eigenvalue weighted by atomic mass is 10.1. The summed E-state index contributed by atoms with van der Waals surface area (Å²) in [5.41, 5.74) is -0.877. The third-order valence-corrected chi connectivity index (χ3v) is 3.83. The number of aliphatic hydroxyl groups is 2. The topological polar surface area (TPSA) is 123 Å². The number of aryl methyl sites for hydroxylation is 1. The highest BCUT2D eigenvalue weighted by molar-refractivity contribution is 6.17. The van der Waals surface area contributed by atoms with Crippen molar-refractivity contribution in [3.8, 4) is 0 Å². The van der Waals surface area contributed by atoms with Crippen molar-refractivity contribution < 1.29 is 24.4 Å². The molecule has 1 aliphatic rings. The summed E-state index contributed by atoms with van der Waals surface area (Å²) in [6.45, 7) is 1.88. The van der Waals surface area contributed by atoms with Crippen LogP contribution in [0.15, 0.2) is 15.8 Å². The normalized spacial score (nSPS) is 26.8. The van der Waals surface area contributed by atoms with Crippen LogP contribution in [-0.2, 0) is 14.2 Å². The minimum atomic E-state index is -1.13. The van der Waals surface area contributed by atoms with E-state index in [9.17, 15) is 19.8 Å². The molecule has 1 aromatic heterocycles. The molecule has 1 aliphatic heterocycles. The second-order valence-corrected chi connectivity index (χ2v) is 5.73. The van der Waals surface area contributed by atoms with Gasteiger partial charge >= 0.3 is 5.69 Å². The van der Waals surface area contributed by atoms with Gasteiger partial charge in [0.25, 0.3) is 5.56 Å². The van der Waals surface area contributed by atoms with Gasteiger partial charge < -0.3 is 24.4 Å². The van der Waals surface area contributed by atoms with Crippen molar-refractivity contribution in [2.75, 3.05) is 32.3 Å². The van der Waals surface area contributed by atoms with Gasteiger partial charge in [-0.25, -0.2) is 4.79 Å². The summed E-state index contributed by atoms with van der Waals surface area (Å²) in [6.07, 6.45) is -2.58. The molecule has 2 rings (SSSR count). The van der Waals surface area contributed by atoms with Crippen LogP contribution in [-0.4, -0.2) is 70.4 Å². The minimum absolute atomic E-state index is 0.147. The second kappa shape index (κ2) is 8.75. The van der Waals surface area contributed by atoms with E-state index in [1.165, 1.54) is 6.20 Å². The number of hydrogen-bond donors (Lipinski definition) is 3. The van der Waals surface area contributed by atoms with E-state index in [4.69, 9.17) is 25.8 Å². The zero-order valence-corrected chi connectivity index (χ0v) is 13.9. The Morgan fingerprint density at radius 3 is 2.79 bits per heavy atom. The molecule has 2 unspecified atom stereocenters. The highest BCUT2D eigenvalue weighted by atomic mass is 35.5. The molecule has 0 radical (unpaired) electrons. The largest absolute Gasteiger partial charge is 0.394 e. The van der Waals surface area contributed by atoms with Crippen molar-refractivity contribution in [1.29, 1.82) is 0 Å². The molecule has 0 aromatic carbocycles. The van der Waals surface area contributed by atoms with Gasteiger partial charge in [-0.15, -0.1) is 11.6 Å². The van der Waals surface area contributed by atoms with Crippen molar-refractivity contribution in [2.45, 2.75) is 31.5 Å². The monoisotopic (exact) mass is 364 g/mol. The average molecular weight is 365 g/mol. The van der Waals surface area contributed by atoms with Crippen LogP contribution >= 0.6 is 11.6 Å². The number of aliphatic hydroxyl groups excluding tert-OH is 2. The Morgan fingerprint density at radius 2 is 2.12 bits per heavy atom. The summed E-state index contributed by atoms with van der Waals surface area (Å²) in [7, 11) is 0. The Balaban J connectivity index is 2.17. The van der Waals surface area contributed by atoms with Crippen molar-refractivity contribution >= 4 is 11.6 Å². The molecular formula is C14H21ClN2O7. The Kier molecular flexibility index (Phi) is 6.96. The summed E-state index contributed by atoms with van der Waals surface area (Å²) in [6, 6.07) is 0. The maximum absolute atomic E-state index is 12.0. The van der Waals surface area contributed by atoms with Crippen LogP contribution in [0.3, 0.4) is 0 Å². The number of aromatic nitrogens is 2. The van der Waals surface area contributed by atoms with Crippen molar-refractivity contribution in [3.05, 3.63) is 32.6 Å². The molecular weight excluding hydrogens is 344 g/mol. The maximum atomic E-state index is 12.0. The van der Waals surface area contributed by atoms with Gasteiger partial charge in [0, 0.05) is 17.6 Å². The van der Waals surface area contributed by atoms with Crippen LogP contribution in [0.4, 0.5) is 0 Å². The van der Waals surface area contributed by atoms with Crippen LogP contribution in [0.2, 0.25) is 0 Å². The molecule has 136 valence electrons. The van der Waals surface area contributed by atoms with Crippen molar-refractivity contribution in [3.63, 3.8) is 0 Å². The number of hydrogen-bond acceptors (Lipinski definition) is 7. The van der Waals surface area contributed by atoms with Gasteiger partial charge in [0.05, 0.1) is 26.4 Å². The smallest absolute Gasteiger partial charge is 0.330 e. The van der Waals surface area contributed by atoms with E-state index in [0.717, 1.165) is 4.57 Å². The van der Waals surface area contributed by atoms with E-state index in [1.807, 2.05) is 0 Å². The first-order valence-corrected chi connectivity index (χ1v) is 8.04. The molecule has 24 heavy (non-hydrogen) atoms. The molecule has 1 saturated heterocycles. The zero-order valence-electron chi connectivity index (χ0n) is 13.2. The molecule has 4 atom stereocenters. The van der Waals surface area contributed by atoms with Crippen molar-refractivity contribution in [2.24, 2.45) is 0 Å². The first-order valence-electron chi connectivity index (χ1n) is 7.51. The lowest BCUT2D eigenvalue weighted by Gasteiger charge is -2.22. The number of halogens is 1. The van der Waals surface area contributed by atoms with Gasteiger partial charge in [0.1, 0.15) is 18.3 Å². The number of nitrogens with zero attached hydrogens (tertiary/aromatic N) is 1. The first kappa shape index (κ1) is 19.1. The quantitative estimate of drug-likeness (QED) is 0.388. The predicted octanol–water partition coefficient (Wildman–Crippen LogP) is -1.26. The lowest BCUT2D eigenvalue weighted by molar-refractivity contribution is -0.0838. The molecule has 9 nitrogen and oxygen atoms in total. The van der Waals surface area contributed by atoms with Gasteiger partial charge in [0.2, 0.25) is 0 Å². The van der Waals surface area contributed by atoms with E-state index in [2.05, 4.69) is 4.98 Å². The van der Waals surface area contributed by atoms with Gasteiger partial charge in [0.15, 0.2) is 6.23 Å². The molecule has 0 amide bonds. The molecule has 0 aliphatic carbocycles. The van der Waals surface area contributed by atoms with Gasteiger partial charge in [-0.3, -0.25) is 14.3 Å². The molecule has 1 aromatic rings. The molecule has 0 bridgehead atoms. The number of nitrogens with one attached hydrogen (secondary N) is 1. The number of rotatable bonds is 8. The summed E-state index contributed by atoms with van der Waals surface area (Å²) >= 11 is 5.50. The SMILES string of the molecule is Cc1cn([C@H]2O[C@@H](CO)C(O)C2OCCOCCCl)c(=O)[nH]c1=O. The molecule has 10 heteroatoms. The fraction of sp³-hybridized carbons (Fsp3) is 0.714. The fourth-order valence-corrected chi connectivity index (χ4v) is 2.56. The molecule has 3 N–H and O–H groups in total. The van der Waals surface area contributed by atoms with Gasteiger partial charge in [-0.05, 0) is 6.92 Å². The Morgan fingerprint density at radius 1 is 1.38 bits per heavy atom.